The molecule has 0 saturated heterocycles. The van der Waals surface area contributed by atoms with Gasteiger partial charge in [-0.3, -0.25) is 4.40 Å². The molecular weight excluding hydrogens is 286 g/mol. The smallest absolute Gasteiger partial charge is 0.139 e. The van der Waals surface area contributed by atoms with Crippen molar-refractivity contribution in [2.75, 3.05) is 5.32 Å². The van der Waals surface area contributed by atoms with Gasteiger partial charge in [-0.25, -0.2) is 4.98 Å². The van der Waals surface area contributed by atoms with Gasteiger partial charge in [0, 0.05) is 17.8 Å². The first kappa shape index (κ1) is 13.9. The van der Waals surface area contributed by atoms with Crippen LogP contribution in [0.2, 0.25) is 5.02 Å². The van der Waals surface area contributed by atoms with Crippen LogP contribution in [0.25, 0.3) is 5.65 Å². The van der Waals surface area contributed by atoms with E-state index in [9.17, 15) is 5.11 Å². The normalized spacial score (nSPS) is 11.0. The molecule has 2 N–H and O–H groups in total. The predicted octanol–water partition coefficient (Wildman–Crippen LogP) is 3.40. The van der Waals surface area contributed by atoms with E-state index in [-0.39, 0.29) is 6.61 Å². The quantitative estimate of drug-likeness (QED) is 0.776. The van der Waals surface area contributed by atoms with Crippen molar-refractivity contribution in [2.45, 2.75) is 20.1 Å². The molecule has 0 spiro atoms. The molecule has 3 rings (SSSR count). The number of nitrogens with one attached hydrogen (secondary N) is 1. The molecule has 4 nitrogen and oxygen atoms in total. The summed E-state index contributed by atoms with van der Waals surface area (Å²) in [5.74, 6) is 0.812. The number of aromatic nitrogens is 2. The second kappa shape index (κ2) is 5.76. The van der Waals surface area contributed by atoms with Gasteiger partial charge in [-0.2, -0.15) is 0 Å². The van der Waals surface area contributed by atoms with Crippen LogP contribution in [0.3, 0.4) is 0 Å². The van der Waals surface area contributed by atoms with Crippen LogP contribution in [-0.2, 0) is 13.2 Å². The first-order valence-electron chi connectivity index (χ1n) is 6.74. The Bertz CT molecular complexity index is 782. The third-order valence-electron chi connectivity index (χ3n) is 3.35. The lowest BCUT2D eigenvalue weighted by molar-refractivity contribution is 0.278. The van der Waals surface area contributed by atoms with Gasteiger partial charge in [0.15, 0.2) is 0 Å². The van der Waals surface area contributed by atoms with E-state index in [2.05, 4.69) is 10.3 Å². The Balaban J connectivity index is 1.92. The fourth-order valence-electron chi connectivity index (χ4n) is 2.33. The Morgan fingerprint density at radius 3 is 2.90 bits per heavy atom. The van der Waals surface area contributed by atoms with E-state index in [4.69, 9.17) is 11.6 Å². The molecule has 0 unspecified atom stereocenters. The number of benzene rings is 1. The van der Waals surface area contributed by atoms with E-state index in [0.29, 0.717) is 17.3 Å². The molecule has 0 amide bonds. The Kier molecular flexibility index (Phi) is 3.82. The van der Waals surface area contributed by atoms with Gasteiger partial charge in [-0.1, -0.05) is 23.7 Å². The fraction of sp³-hybridized carbons (Fsp3) is 0.188. The number of hydrogen-bond acceptors (Lipinski definition) is 3. The molecule has 21 heavy (non-hydrogen) atoms. The number of aliphatic hydroxyl groups excluding tert-OH is 1. The molecule has 0 atom stereocenters. The van der Waals surface area contributed by atoms with Gasteiger partial charge in [0.05, 0.1) is 6.61 Å². The highest BCUT2D eigenvalue weighted by molar-refractivity contribution is 6.30. The number of rotatable bonds is 4. The summed E-state index contributed by atoms with van der Waals surface area (Å²) in [6, 6.07) is 11.7. The molecule has 0 aliphatic carbocycles. The topological polar surface area (TPSA) is 49.6 Å². The van der Waals surface area contributed by atoms with Crippen LogP contribution in [-0.4, -0.2) is 14.5 Å². The van der Waals surface area contributed by atoms with Crippen molar-refractivity contribution >= 4 is 23.1 Å². The van der Waals surface area contributed by atoms with Crippen LogP contribution in [0.1, 0.15) is 16.8 Å². The minimum atomic E-state index is -0.0986. The molecule has 108 valence electrons. The van der Waals surface area contributed by atoms with Crippen LogP contribution in [0.4, 0.5) is 5.82 Å². The van der Waals surface area contributed by atoms with Crippen LogP contribution < -0.4 is 5.32 Å². The number of halogens is 1. The number of pyridine rings is 1. The number of hydrogen-bond donors (Lipinski definition) is 2. The maximum absolute atomic E-state index is 9.49. The lowest BCUT2D eigenvalue weighted by Gasteiger charge is -2.08. The first-order chi connectivity index (χ1) is 10.2. The second-order valence-corrected chi connectivity index (χ2v) is 5.42. The number of aliphatic hydroxyl groups is 1. The molecule has 2 heterocycles. The monoisotopic (exact) mass is 301 g/mol. The standard InChI is InChI=1S/C16H16ClN3O/c1-11-5-6-20-15(7-11)19-14(10-21)16(20)18-9-12-3-2-4-13(17)8-12/h2-8,18,21H,9-10H2,1H3. The minimum absolute atomic E-state index is 0.0986. The maximum atomic E-state index is 9.49. The first-order valence-corrected chi connectivity index (χ1v) is 7.12. The summed E-state index contributed by atoms with van der Waals surface area (Å²) in [6.07, 6.45) is 1.96. The molecule has 0 aliphatic rings. The zero-order valence-corrected chi connectivity index (χ0v) is 12.4. The summed E-state index contributed by atoms with van der Waals surface area (Å²) in [6.45, 7) is 2.54. The summed E-state index contributed by atoms with van der Waals surface area (Å²) in [4.78, 5) is 4.45. The SMILES string of the molecule is Cc1ccn2c(NCc3cccc(Cl)c3)c(CO)nc2c1. The number of nitrogens with zero attached hydrogens (tertiary/aromatic N) is 2. The van der Waals surface area contributed by atoms with Crippen molar-refractivity contribution in [3.05, 3.63) is 64.4 Å². The molecular formula is C16H16ClN3O. The van der Waals surface area contributed by atoms with Crippen molar-refractivity contribution in [3.8, 4) is 0 Å². The van der Waals surface area contributed by atoms with Gasteiger partial charge >= 0.3 is 0 Å². The second-order valence-electron chi connectivity index (χ2n) is 4.98. The van der Waals surface area contributed by atoms with Crippen LogP contribution in [0, 0.1) is 6.92 Å². The largest absolute Gasteiger partial charge is 0.390 e. The third-order valence-corrected chi connectivity index (χ3v) is 3.59. The molecule has 0 radical (unpaired) electrons. The van der Waals surface area contributed by atoms with Gasteiger partial charge in [0.1, 0.15) is 17.2 Å². The molecule has 1 aromatic carbocycles. The zero-order valence-electron chi connectivity index (χ0n) is 11.7. The number of anilines is 1. The lowest BCUT2D eigenvalue weighted by Crippen LogP contribution is -2.04. The Morgan fingerprint density at radius 2 is 2.14 bits per heavy atom. The molecule has 3 aromatic rings. The van der Waals surface area contributed by atoms with E-state index < -0.39 is 0 Å². The summed E-state index contributed by atoms with van der Waals surface area (Å²) in [5.41, 5.74) is 3.68. The Hall–Kier alpha value is -2.04. The van der Waals surface area contributed by atoms with E-state index >= 15 is 0 Å². The summed E-state index contributed by atoms with van der Waals surface area (Å²) < 4.78 is 1.95. The molecule has 0 aliphatic heterocycles. The maximum Gasteiger partial charge on any atom is 0.139 e. The molecule has 2 aromatic heterocycles. The van der Waals surface area contributed by atoms with E-state index in [1.165, 1.54) is 0 Å². The van der Waals surface area contributed by atoms with Crippen molar-refractivity contribution in [1.29, 1.82) is 0 Å². The van der Waals surface area contributed by atoms with Crippen molar-refractivity contribution in [3.63, 3.8) is 0 Å². The van der Waals surface area contributed by atoms with Gasteiger partial charge in [-0.15, -0.1) is 0 Å². The average molecular weight is 302 g/mol. The molecule has 0 fully saturated rings. The summed E-state index contributed by atoms with van der Waals surface area (Å²) >= 11 is 5.99. The average Bonchev–Trinajstić information content (AvgIpc) is 2.82. The molecule has 0 bridgehead atoms. The molecule has 0 saturated carbocycles. The van der Waals surface area contributed by atoms with Crippen LogP contribution >= 0.6 is 11.6 Å². The van der Waals surface area contributed by atoms with Gasteiger partial charge in [-0.05, 0) is 42.3 Å². The van der Waals surface area contributed by atoms with Crippen molar-refractivity contribution < 1.29 is 5.11 Å². The minimum Gasteiger partial charge on any atom is -0.390 e. The van der Waals surface area contributed by atoms with E-state index in [1.54, 1.807) is 0 Å². The number of imidazole rings is 1. The van der Waals surface area contributed by atoms with Crippen LogP contribution in [0.5, 0.6) is 0 Å². The number of aryl methyl sites for hydroxylation is 1. The fourth-order valence-corrected chi connectivity index (χ4v) is 2.54. The van der Waals surface area contributed by atoms with E-state index in [0.717, 1.165) is 22.6 Å². The lowest BCUT2D eigenvalue weighted by atomic mass is 10.2. The molecule has 5 heteroatoms. The Labute approximate surface area is 128 Å². The van der Waals surface area contributed by atoms with Crippen LogP contribution in [0.15, 0.2) is 42.6 Å². The summed E-state index contributed by atoms with van der Waals surface area (Å²) in [7, 11) is 0. The number of fused-ring (bicyclic) bond motifs is 1. The van der Waals surface area contributed by atoms with Gasteiger partial charge in [0.25, 0.3) is 0 Å². The third kappa shape index (κ3) is 2.86. The van der Waals surface area contributed by atoms with Gasteiger partial charge in [0.2, 0.25) is 0 Å². The van der Waals surface area contributed by atoms with Gasteiger partial charge < -0.3 is 10.4 Å². The zero-order chi connectivity index (χ0) is 14.8. The highest BCUT2D eigenvalue weighted by Gasteiger charge is 2.11. The highest BCUT2D eigenvalue weighted by atomic mass is 35.5. The van der Waals surface area contributed by atoms with Crippen molar-refractivity contribution in [2.24, 2.45) is 0 Å². The predicted molar refractivity (Wildman–Crippen MR) is 84.6 cm³/mol. The summed E-state index contributed by atoms with van der Waals surface area (Å²) in [5, 5.41) is 13.5. The van der Waals surface area contributed by atoms with E-state index in [1.807, 2.05) is 53.9 Å². The van der Waals surface area contributed by atoms with Crippen molar-refractivity contribution in [1.82, 2.24) is 9.38 Å². The Morgan fingerprint density at radius 1 is 1.29 bits per heavy atom. The highest BCUT2D eigenvalue weighted by Crippen LogP contribution is 2.20.